The summed E-state index contributed by atoms with van der Waals surface area (Å²) in [6.07, 6.45) is 3.04. The molecule has 0 aliphatic heterocycles. The summed E-state index contributed by atoms with van der Waals surface area (Å²) in [7, 11) is 1.96. The van der Waals surface area contributed by atoms with E-state index in [2.05, 4.69) is 18.8 Å². The molecule has 0 aliphatic rings. The predicted molar refractivity (Wildman–Crippen MR) is 53.3 cm³/mol. The first-order valence-corrected chi connectivity index (χ1v) is 4.54. The van der Waals surface area contributed by atoms with E-state index in [0.717, 1.165) is 26.2 Å². The average molecular weight is 171 g/mol. The van der Waals surface area contributed by atoms with Crippen LogP contribution in [0.4, 0.5) is 0 Å². The average Bonchev–Trinajstić information content (AvgIpc) is 2.06. The lowest BCUT2D eigenvalue weighted by atomic mass is 9.87. The van der Waals surface area contributed by atoms with Crippen molar-refractivity contribution in [3.05, 3.63) is 12.7 Å². The zero-order valence-corrected chi connectivity index (χ0v) is 8.52. The van der Waals surface area contributed by atoms with Gasteiger partial charge in [0.15, 0.2) is 0 Å². The number of hydrogen-bond acceptors (Lipinski definition) is 2. The summed E-state index contributed by atoms with van der Waals surface area (Å²) < 4.78 is 5.30. The Hall–Kier alpha value is -0.340. The smallest absolute Gasteiger partial charge is 0.0474 e. The molecular formula is C10H21NO. The van der Waals surface area contributed by atoms with E-state index in [-0.39, 0.29) is 5.41 Å². The number of nitrogens with one attached hydrogen (secondary N) is 1. The second-order valence-corrected chi connectivity index (χ2v) is 3.34. The van der Waals surface area contributed by atoms with Gasteiger partial charge in [0.05, 0.1) is 0 Å². The maximum atomic E-state index is 5.30. The van der Waals surface area contributed by atoms with Gasteiger partial charge in [-0.05, 0) is 25.8 Å². The van der Waals surface area contributed by atoms with Crippen LogP contribution in [0.3, 0.4) is 0 Å². The maximum Gasteiger partial charge on any atom is 0.0474 e. The number of ether oxygens (including phenoxy) is 1. The van der Waals surface area contributed by atoms with Gasteiger partial charge in [-0.3, -0.25) is 0 Å². The minimum atomic E-state index is 0.171. The molecule has 0 aromatic carbocycles. The van der Waals surface area contributed by atoms with E-state index in [1.54, 1.807) is 0 Å². The van der Waals surface area contributed by atoms with Gasteiger partial charge in [0.25, 0.3) is 0 Å². The quantitative estimate of drug-likeness (QED) is 0.466. The zero-order valence-electron chi connectivity index (χ0n) is 8.52. The molecule has 1 atom stereocenters. The minimum Gasteiger partial charge on any atom is -0.382 e. The Bertz CT molecular complexity index is 125. The Labute approximate surface area is 76.0 Å². The Morgan fingerprint density at radius 3 is 2.67 bits per heavy atom. The molecular weight excluding hydrogens is 150 g/mol. The van der Waals surface area contributed by atoms with Crippen LogP contribution < -0.4 is 5.32 Å². The molecule has 12 heavy (non-hydrogen) atoms. The third-order valence-corrected chi connectivity index (χ3v) is 2.10. The Kier molecular flexibility index (Phi) is 6.03. The summed E-state index contributed by atoms with van der Waals surface area (Å²) >= 11 is 0. The standard InChI is InChI=1S/C10H21NO/c1-5-10(3,9-11-4)7-8-12-6-2/h5,11H,1,6-9H2,2-4H3. The molecule has 0 saturated carbocycles. The van der Waals surface area contributed by atoms with E-state index >= 15 is 0 Å². The zero-order chi connectivity index (χ0) is 9.45. The number of hydrogen-bond donors (Lipinski definition) is 1. The van der Waals surface area contributed by atoms with Gasteiger partial charge in [0.1, 0.15) is 0 Å². The molecule has 1 unspecified atom stereocenters. The molecule has 72 valence electrons. The van der Waals surface area contributed by atoms with Crippen LogP contribution in [0, 0.1) is 5.41 Å². The molecule has 1 N–H and O–H groups in total. The predicted octanol–water partition coefficient (Wildman–Crippen LogP) is 1.82. The van der Waals surface area contributed by atoms with Gasteiger partial charge in [0, 0.05) is 19.8 Å². The molecule has 0 radical (unpaired) electrons. The van der Waals surface area contributed by atoms with Gasteiger partial charge in [-0.15, -0.1) is 6.58 Å². The monoisotopic (exact) mass is 171 g/mol. The van der Waals surface area contributed by atoms with E-state index in [9.17, 15) is 0 Å². The van der Waals surface area contributed by atoms with Crippen LogP contribution in [0.15, 0.2) is 12.7 Å². The van der Waals surface area contributed by atoms with E-state index in [4.69, 9.17) is 4.74 Å². The lowest BCUT2D eigenvalue weighted by Gasteiger charge is -2.24. The highest BCUT2D eigenvalue weighted by Crippen LogP contribution is 2.21. The first kappa shape index (κ1) is 11.7. The fraction of sp³-hybridized carbons (Fsp3) is 0.800. The second kappa shape index (κ2) is 6.21. The Morgan fingerprint density at radius 1 is 1.58 bits per heavy atom. The van der Waals surface area contributed by atoms with E-state index in [1.807, 2.05) is 20.0 Å². The molecule has 2 nitrogen and oxygen atoms in total. The number of rotatable bonds is 7. The molecule has 0 saturated heterocycles. The van der Waals surface area contributed by atoms with Crippen LogP contribution in [0.1, 0.15) is 20.3 Å². The molecule has 0 aromatic rings. The van der Waals surface area contributed by atoms with Crippen molar-refractivity contribution in [2.75, 3.05) is 26.8 Å². The highest BCUT2D eigenvalue weighted by molar-refractivity contribution is 4.92. The Balaban J connectivity index is 3.71. The summed E-state index contributed by atoms with van der Waals surface area (Å²) in [6.45, 7) is 10.6. The van der Waals surface area contributed by atoms with Gasteiger partial charge in [-0.1, -0.05) is 13.0 Å². The highest BCUT2D eigenvalue weighted by Gasteiger charge is 2.18. The fourth-order valence-corrected chi connectivity index (χ4v) is 1.12. The largest absolute Gasteiger partial charge is 0.382 e. The lowest BCUT2D eigenvalue weighted by molar-refractivity contribution is 0.121. The lowest BCUT2D eigenvalue weighted by Crippen LogP contribution is -2.28. The summed E-state index contributed by atoms with van der Waals surface area (Å²) in [5, 5.41) is 3.16. The first-order valence-electron chi connectivity index (χ1n) is 4.54. The molecule has 0 heterocycles. The van der Waals surface area contributed by atoms with Crippen LogP contribution in [-0.4, -0.2) is 26.8 Å². The summed E-state index contributed by atoms with van der Waals surface area (Å²) in [5.74, 6) is 0. The van der Waals surface area contributed by atoms with Gasteiger partial charge < -0.3 is 10.1 Å². The molecule has 0 spiro atoms. The molecule has 0 rings (SSSR count). The van der Waals surface area contributed by atoms with Crippen molar-refractivity contribution in [2.24, 2.45) is 5.41 Å². The molecule has 0 fully saturated rings. The van der Waals surface area contributed by atoms with Gasteiger partial charge in [-0.25, -0.2) is 0 Å². The SMILES string of the molecule is C=CC(C)(CCOCC)CNC. The third-order valence-electron chi connectivity index (χ3n) is 2.10. The van der Waals surface area contributed by atoms with Crippen molar-refractivity contribution in [3.63, 3.8) is 0 Å². The summed E-state index contributed by atoms with van der Waals surface area (Å²) in [6, 6.07) is 0. The van der Waals surface area contributed by atoms with Crippen molar-refractivity contribution in [2.45, 2.75) is 20.3 Å². The molecule has 0 bridgehead atoms. The first-order chi connectivity index (χ1) is 5.68. The normalized spacial score (nSPS) is 15.6. The van der Waals surface area contributed by atoms with Crippen molar-refractivity contribution < 1.29 is 4.74 Å². The van der Waals surface area contributed by atoms with E-state index < -0.39 is 0 Å². The second-order valence-electron chi connectivity index (χ2n) is 3.34. The molecule has 0 amide bonds. The maximum absolute atomic E-state index is 5.30. The van der Waals surface area contributed by atoms with Gasteiger partial charge >= 0.3 is 0 Å². The minimum absolute atomic E-state index is 0.171. The molecule has 0 aliphatic carbocycles. The van der Waals surface area contributed by atoms with Crippen molar-refractivity contribution in [3.8, 4) is 0 Å². The van der Waals surface area contributed by atoms with Crippen LogP contribution in [0.5, 0.6) is 0 Å². The highest BCUT2D eigenvalue weighted by atomic mass is 16.5. The fourth-order valence-electron chi connectivity index (χ4n) is 1.12. The van der Waals surface area contributed by atoms with Crippen LogP contribution in [-0.2, 0) is 4.74 Å². The van der Waals surface area contributed by atoms with Crippen LogP contribution >= 0.6 is 0 Å². The summed E-state index contributed by atoms with van der Waals surface area (Å²) in [4.78, 5) is 0. The van der Waals surface area contributed by atoms with Crippen molar-refractivity contribution in [1.82, 2.24) is 5.32 Å². The van der Waals surface area contributed by atoms with Crippen molar-refractivity contribution >= 4 is 0 Å². The van der Waals surface area contributed by atoms with Crippen LogP contribution in [0.25, 0.3) is 0 Å². The van der Waals surface area contributed by atoms with Gasteiger partial charge in [0.2, 0.25) is 0 Å². The molecule has 2 heteroatoms. The third kappa shape index (κ3) is 4.52. The van der Waals surface area contributed by atoms with Crippen molar-refractivity contribution in [1.29, 1.82) is 0 Å². The van der Waals surface area contributed by atoms with Crippen LogP contribution in [0.2, 0.25) is 0 Å². The summed E-state index contributed by atoms with van der Waals surface area (Å²) in [5.41, 5.74) is 0.171. The molecule has 0 aromatic heterocycles. The van der Waals surface area contributed by atoms with Gasteiger partial charge in [-0.2, -0.15) is 0 Å². The topological polar surface area (TPSA) is 21.3 Å². The Morgan fingerprint density at radius 2 is 2.25 bits per heavy atom. The van der Waals surface area contributed by atoms with E-state index in [0.29, 0.717) is 0 Å². The van der Waals surface area contributed by atoms with E-state index in [1.165, 1.54) is 0 Å².